The van der Waals surface area contributed by atoms with Gasteiger partial charge in [-0.3, -0.25) is 0 Å². The fourth-order valence-corrected chi connectivity index (χ4v) is 10.3. The summed E-state index contributed by atoms with van der Waals surface area (Å²) < 4.78 is 0. The zero-order valence-electron chi connectivity index (χ0n) is 24.1. The van der Waals surface area contributed by atoms with Gasteiger partial charge in [0.25, 0.3) is 0 Å². The fourth-order valence-electron chi connectivity index (χ4n) is 5.10. The Morgan fingerprint density at radius 1 is 0.341 bits per heavy atom. The summed E-state index contributed by atoms with van der Waals surface area (Å²) in [6.45, 7) is 8.86. The topological polar surface area (TPSA) is 0 Å². The van der Waals surface area contributed by atoms with E-state index in [1.807, 2.05) is 0 Å². The van der Waals surface area contributed by atoms with E-state index in [9.17, 15) is 0 Å². The summed E-state index contributed by atoms with van der Waals surface area (Å²) in [5.74, 6) is 0. The molecule has 41 heavy (non-hydrogen) atoms. The van der Waals surface area contributed by atoms with E-state index in [1.165, 1.54) is 54.8 Å². The van der Waals surface area contributed by atoms with Crippen molar-refractivity contribution in [2.75, 3.05) is 0 Å². The normalized spacial score (nSPS) is 15.6. The Morgan fingerprint density at radius 3 is 0.780 bits per heavy atom. The maximum absolute atomic E-state index is 2.28. The molecule has 2 fully saturated rings. The third kappa shape index (κ3) is 7.81. The maximum atomic E-state index is 2.28. The molecule has 4 aromatic carbocycles. The third-order valence-corrected chi connectivity index (χ3v) is 12.8. The van der Waals surface area contributed by atoms with Crippen molar-refractivity contribution in [2.45, 2.75) is 27.7 Å². The van der Waals surface area contributed by atoms with E-state index in [4.69, 9.17) is 0 Å². The van der Waals surface area contributed by atoms with Crippen LogP contribution < -0.4 is 21.2 Å². The van der Waals surface area contributed by atoms with Gasteiger partial charge in [0.1, 0.15) is 0 Å². The molecule has 0 spiro atoms. The number of hydrogen-bond donors (Lipinski definition) is 0. The molecule has 4 aromatic rings. The largest absolute Gasteiger partial charge is 2.00 e. The van der Waals surface area contributed by atoms with Crippen LogP contribution in [0.15, 0.2) is 97.1 Å². The van der Waals surface area contributed by atoms with E-state index >= 15 is 0 Å². The van der Waals surface area contributed by atoms with Crippen molar-refractivity contribution in [1.29, 1.82) is 0 Å². The van der Waals surface area contributed by atoms with Gasteiger partial charge in [-0.25, -0.2) is 0 Å². The van der Waals surface area contributed by atoms with Gasteiger partial charge in [0.2, 0.25) is 0 Å². The van der Waals surface area contributed by atoms with Crippen LogP contribution >= 0.6 is 15.8 Å². The van der Waals surface area contributed by atoms with E-state index in [-0.39, 0.29) is 17.1 Å². The second-order valence-electron chi connectivity index (χ2n) is 10.1. The first-order chi connectivity index (χ1) is 19.5. The minimum Gasteiger partial charge on any atom is -0.0620 e. The third-order valence-electron chi connectivity index (χ3n) is 7.23. The smallest absolute Gasteiger partial charge is 0.0620 e. The van der Waals surface area contributed by atoms with Crippen LogP contribution in [-0.2, 0) is 17.1 Å². The van der Waals surface area contributed by atoms with Gasteiger partial charge >= 0.3 is 17.1 Å². The van der Waals surface area contributed by atoms with Crippen molar-refractivity contribution in [3.05, 3.63) is 182 Å². The Kier molecular flexibility index (Phi) is 12.3. The number of rotatable bonds is 6. The molecule has 0 heterocycles. The number of hydrogen-bond acceptors (Lipinski definition) is 0. The Balaban J connectivity index is 0.000000184. The molecule has 0 unspecified atom stereocenters. The molecule has 0 nitrogen and oxygen atoms in total. The summed E-state index contributed by atoms with van der Waals surface area (Å²) in [6, 6.07) is 35.1. The van der Waals surface area contributed by atoms with Crippen molar-refractivity contribution in [1.82, 2.24) is 0 Å². The van der Waals surface area contributed by atoms with Crippen LogP contribution in [0.2, 0.25) is 0 Å². The van der Waals surface area contributed by atoms with E-state index in [1.54, 1.807) is 0 Å². The quantitative estimate of drug-likeness (QED) is 0.153. The minimum absolute atomic E-state index is 0. The molecule has 0 aromatic heterocycles. The van der Waals surface area contributed by atoms with Crippen LogP contribution in [0.5, 0.6) is 0 Å². The Bertz CT molecular complexity index is 1190. The van der Waals surface area contributed by atoms with Crippen LogP contribution in [-0.4, -0.2) is 0 Å². The average molecular weight is 610 g/mol. The molecule has 0 amide bonds. The van der Waals surface area contributed by atoms with Gasteiger partial charge in [-0.1, -0.05) is 97.1 Å². The first kappa shape index (κ1) is 32.2. The molecule has 2 aliphatic rings. The summed E-state index contributed by atoms with van der Waals surface area (Å²) in [5, 5.41) is 5.84. The molecular weight excluding hydrogens is 574 g/mol. The summed E-state index contributed by atoms with van der Waals surface area (Å²) in [4.78, 5) is 0. The maximum Gasteiger partial charge on any atom is 2.00 e. The van der Waals surface area contributed by atoms with Crippen molar-refractivity contribution >= 4 is 37.1 Å². The molecule has 2 aliphatic carbocycles. The van der Waals surface area contributed by atoms with Gasteiger partial charge in [-0.15, -0.1) is 0 Å². The predicted octanol–water partition coefficient (Wildman–Crippen LogP) is 8.20. The number of benzene rings is 4. The summed E-state index contributed by atoms with van der Waals surface area (Å²) in [5.41, 5.74) is 8.38. The molecule has 204 valence electrons. The van der Waals surface area contributed by atoms with Gasteiger partial charge in [-0.05, 0) is 138 Å². The molecule has 0 saturated heterocycles. The summed E-state index contributed by atoms with van der Waals surface area (Å²) >= 11 is 0. The van der Waals surface area contributed by atoms with E-state index in [0.717, 1.165) is 0 Å². The molecule has 6 rings (SSSR count). The second kappa shape index (κ2) is 15.6. The van der Waals surface area contributed by atoms with Crippen molar-refractivity contribution in [3.8, 4) is 0 Å². The molecule has 0 N–H and O–H groups in total. The molecule has 0 aliphatic heterocycles. The zero-order chi connectivity index (χ0) is 27.9. The monoisotopic (exact) mass is 610 g/mol. The average Bonchev–Trinajstić information content (AvgIpc) is 3.69. The van der Waals surface area contributed by atoms with Crippen LogP contribution in [0.3, 0.4) is 0 Å². The van der Waals surface area contributed by atoms with Gasteiger partial charge in [-0.2, -0.15) is 0 Å². The Labute approximate surface area is 262 Å². The predicted molar refractivity (Wildman–Crippen MR) is 178 cm³/mol. The molecule has 2 saturated carbocycles. The van der Waals surface area contributed by atoms with E-state index < -0.39 is 15.8 Å². The van der Waals surface area contributed by atoms with Crippen molar-refractivity contribution < 1.29 is 17.1 Å². The Hall–Kier alpha value is -1.74. The standard InChI is InChI=1S/2C19H18P.Fe/c2*1-15-9-3-7-13-18(15)20(17-11-5-6-12-17)19-14-8-4-10-16(19)2;/h2*3-14H,1-2H3;/q;;+2. The van der Waals surface area contributed by atoms with Crippen LogP contribution in [0.4, 0.5) is 0 Å². The summed E-state index contributed by atoms with van der Waals surface area (Å²) in [6.07, 6.45) is 17.6. The Morgan fingerprint density at radius 2 is 0.561 bits per heavy atom. The van der Waals surface area contributed by atoms with Crippen molar-refractivity contribution in [3.63, 3.8) is 0 Å². The van der Waals surface area contributed by atoms with Gasteiger partial charge < -0.3 is 0 Å². The first-order valence-electron chi connectivity index (χ1n) is 13.8. The zero-order valence-corrected chi connectivity index (χ0v) is 27.0. The van der Waals surface area contributed by atoms with Crippen molar-refractivity contribution in [2.24, 2.45) is 0 Å². The van der Waals surface area contributed by atoms with Gasteiger partial charge in [0.15, 0.2) is 0 Å². The van der Waals surface area contributed by atoms with Gasteiger partial charge in [0.05, 0.1) is 0 Å². The molecule has 3 heteroatoms. The molecule has 0 atom stereocenters. The fraction of sp³-hybridized carbons (Fsp3) is 0.105. The minimum atomic E-state index is -0.451. The van der Waals surface area contributed by atoms with Crippen LogP contribution in [0.1, 0.15) is 22.3 Å². The second-order valence-corrected chi connectivity index (χ2v) is 14.4. The van der Waals surface area contributed by atoms with Gasteiger partial charge in [0, 0.05) is 11.3 Å². The van der Waals surface area contributed by atoms with Crippen LogP contribution in [0.25, 0.3) is 0 Å². The summed E-state index contributed by atoms with van der Waals surface area (Å²) in [7, 11) is -0.901. The molecular formula is C38H36FeP2+2. The molecule has 10 radical (unpaired) electrons. The first-order valence-corrected chi connectivity index (χ1v) is 16.5. The SMILES string of the molecule is Cc1ccccc1P([C]1[CH][CH][CH][CH]1)c1ccccc1C.Cc1ccccc1P([C]1[CH][CH][CH][CH]1)c1ccccc1C.[Fe+2]. The molecule has 0 bridgehead atoms. The number of aryl methyl sites for hydroxylation is 4. The van der Waals surface area contributed by atoms with E-state index in [0.29, 0.717) is 0 Å². The van der Waals surface area contributed by atoms with E-state index in [2.05, 4.69) is 176 Å². The van der Waals surface area contributed by atoms with Crippen LogP contribution in [0, 0.1) is 90.4 Å².